The number of aromatic nitrogens is 1. The number of nitrogens with one attached hydrogen (secondary N) is 2. The number of nitrogens with zero attached hydrogens (tertiary/aromatic N) is 3. The van der Waals surface area contributed by atoms with E-state index in [9.17, 15) is 14.4 Å². The molecule has 0 bridgehead atoms. The van der Waals surface area contributed by atoms with Gasteiger partial charge in [0.05, 0.1) is 11.3 Å². The van der Waals surface area contributed by atoms with Crippen molar-refractivity contribution in [2.75, 3.05) is 20.1 Å². The minimum atomic E-state index is -1.13. The Kier molecular flexibility index (Phi) is 5.32. The molecule has 3 heterocycles. The molecular formula is C23H30N6O3. The molecule has 3 amide bonds. The maximum absolute atomic E-state index is 13.6. The monoisotopic (exact) mass is 438 g/mol. The predicted octanol–water partition coefficient (Wildman–Crippen LogP) is 0.999. The van der Waals surface area contributed by atoms with E-state index >= 15 is 0 Å². The maximum Gasteiger partial charge on any atom is 0.255 e. The summed E-state index contributed by atoms with van der Waals surface area (Å²) in [4.78, 5) is 43.9. The smallest absolute Gasteiger partial charge is 0.255 e. The average Bonchev–Trinajstić information content (AvgIpc) is 3.25. The Balaban J connectivity index is 1.61. The molecule has 1 aromatic carbocycles. The number of hydrazone groups is 1. The van der Waals surface area contributed by atoms with E-state index in [1.807, 2.05) is 37.4 Å². The molecule has 2 atom stereocenters. The Morgan fingerprint density at radius 1 is 1.34 bits per heavy atom. The molecule has 32 heavy (non-hydrogen) atoms. The molecule has 0 spiro atoms. The van der Waals surface area contributed by atoms with Gasteiger partial charge in [-0.05, 0) is 32.4 Å². The fraction of sp³-hybridized carbons (Fsp3) is 0.478. The lowest BCUT2D eigenvalue weighted by atomic mass is 9.79. The van der Waals surface area contributed by atoms with Gasteiger partial charge in [0.25, 0.3) is 5.91 Å². The minimum Gasteiger partial charge on any atom is -0.361 e. The third-order valence-corrected chi connectivity index (χ3v) is 6.40. The first-order valence-corrected chi connectivity index (χ1v) is 10.8. The largest absolute Gasteiger partial charge is 0.361 e. The summed E-state index contributed by atoms with van der Waals surface area (Å²) in [5, 5.41) is 9.56. The number of fused-ring (bicyclic) bond motifs is 2. The number of likely N-dealkylation sites (tertiary alicyclic amines) is 1. The predicted molar refractivity (Wildman–Crippen MR) is 122 cm³/mol. The van der Waals surface area contributed by atoms with Crippen LogP contribution in [-0.2, 0) is 20.8 Å². The molecule has 2 aliphatic rings. The van der Waals surface area contributed by atoms with Crippen LogP contribution in [0.2, 0.25) is 0 Å². The molecule has 9 heteroatoms. The zero-order valence-electron chi connectivity index (χ0n) is 18.9. The summed E-state index contributed by atoms with van der Waals surface area (Å²) < 4.78 is 0. The van der Waals surface area contributed by atoms with Crippen LogP contribution in [0, 0.1) is 5.41 Å². The summed E-state index contributed by atoms with van der Waals surface area (Å²) in [6.07, 6.45) is 2.70. The first kappa shape index (κ1) is 22.0. The van der Waals surface area contributed by atoms with E-state index in [4.69, 9.17) is 5.73 Å². The molecule has 2 aromatic rings. The van der Waals surface area contributed by atoms with Crippen LogP contribution in [0.3, 0.4) is 0 Å². The van der Waals surface area contributed by atoms with Crippen molar-refractivity contribution >= 4 is 34.3 Å². The standard InChI is InChI=1S/C23H30N6O3/c1-22(2,24)20(31)26-17(11-14-12-25-16-8-6-5-7-15(14)16)19(30)29-10-9-18-23(3,13-29)21(32)28(4)27-18/h5-8,12,17,25H,9-11,13,24H2,1-4H3,(H,26,31)/t17-,23?/m1/s1. The average molecular weight is 439 g/mol. The number of nitrogens with two attached hydrogens (primary N) is 1. The summed E-state index contributed by atoms with van der Waals surface area (Å²) in [6, 6.07) is 7.02. The highest BCUT2D eigenvalue weighted by molar-refractivity contribution is 6.13. The van der Waals surface area contributed by atoms with Gasteiger partial charge in [-0.1, -0.05) is 18.2 Å². The molecule has 4 rings (SSSR count). The highest BCUT2D eigenvalue weighted by Crippen LogP contribution is 2.34. The van der Waals surface area contributed by atoms with Crippen LogP contribution < -0.4 is 11.1 Å². The van der Waals surface area contributed by atoms with Crippen LogP contribution in [0.1, 0.15) is 32.8 Å². The Bertz CT molecular complexity index is 1110. The fourth-order valence-electron chi connectivity index (χ4n) is 4.48. The number of amides is 3. The minimum absolute atomic E-state index is 0.120. The topological polar surface area (TPSA) is 124 Å². The Labute approximate surface area is 187 Å². The molecule has 4 N–H and O–H groups in total. The maximum atomic E-state index is 13.6. The molecule has 1 saturated heterocycles. The van der Waals surface area contributed by atoms with Crippen molar-refractivity contribution in [3.63, 3.8) is 0 Å². The van der Waals surface area contributed by atoms with Crippen molar-refractivity contribution in [3.05, 3.63) is 36.0 Å². The van der Waals surface area contributed by atoms with Gasteiger partial charge in [0.2, 0.25) is 11.8 Å². The van der Waals surface area contributed by atoms with E-state index in [0.717, 1.165) is 22.2 Å². The fourth-order valence-corrected chi connectivity index (χ4v) is 4.48. The first-order valence-electron chi connectivity index (χ1n) is 10.8. The highest BCUT2D eigenvalue weighted by Gasteiger charge is 2.50. The van der Waals surface area contributed by atoms with E-state index in [0.29, 0.717) is 19.4 Å². The third kappa shape index (κ3) is 3.77. The molecule has 0 radical (unpaired) electrons. The summed E-state index contributed by atoms with van der Waals surface area (Å²) in [5.41, 5.74) is 6.72. The molecule has 9 nitrogen and oxygen atoms in total. The highest BCUT2D eigenvalue weighted by atomic mass is 16.2. The van der Waals surface area contributed by atoms with Crippen LogP contribution in [-0.4, -0.2) is 70.0 Å². The van der Waals surface area contributed by atoms with Gasteiger partial charge in [-0.15, -0.1) is 0 Å². The third-order valence-electron chi connectivity index (χ3n) is 6.40. The number of benzene rings is 1. The van der Waals surface area contributed by atoms with E-state index < -0.39 is 22.9 Å². The van der Waals surface area contributed by atoms with E-state index in [1.54, 1.807) is 25.8 Å². The molecule has 0 aliphatic carbocycles. The van der Waals surface area contributed by atoms with Crippen LogP contribution in [0.25, 0.3) is 10.9 Å². The lowest BCUT2D eigenvalue weighted by Crippen LogP contribution is -2.60. The molecule has 1 aromatic heterocycles. The van der Waals surface area contributed by atoms with Gasteiger partial charge in [0.15, 0.2) is 0 Å². The van der Waals surface area contributed by atoms with Crippen molar-refractivity contribution in [1.82, 2.24) is 20.2 Å². The molecular weight excluding hydrogens is 408 g/mol. The summed E-state index contributed by atoms with van der Waals surface area (Å²) >= 11 is 0. The van der Waals surface area contributed by atoms with Crippen LogP contribution in [0.15, 0.2) is 35.6 Å². The van der Waals surface area contributed by atoms with E-state index in [2.05, 4.69) is 15.4 Å². The number of hydrogen-bond donors (Lipinski definition) is 3. The van der Waals surface area contributed by atoms with Gasteiger partial charge in [-0.2, -0.15) is 5.10 Å². The number of rotatable bonds is 5. The Morgan fingerprint density at radius 3 is 2.78 bits per heavy atom. The van der Waals surface area contributed by atoms with Gasteiger partial charge in [0.1, 0.15) is 11.5 Å². The Hall–Kier alpha value is -3.20. The van der Waals surface area contributed by atoms with Crippen molar-refractivity contribution in [3.8, 4) is 0 Å². The first-order chi connectivity index (χ1) is 15.0. The molecule has 1 fully saturated rings. The number of para-hydroxylation sites is 1. The second-order valence-electron chi connectivity index (χ2n) is 9.53. The summed E-state index contributed by atoms with van der Waals surface area (Å²) in [7, 11) is 1.63. The number of H-pyrrole nitrogens is 1. The number of carbonyl (C=O) groups is 3. The van der Waals surface area contributed by atoms with Gasteiger partial charge in [0, 0.05) is 50.1 Å². The van der Waals surface area contributed by atoms with Crippen LogP contribution in [0.4, 0.5) is 0 Å². The Morgan fingerprint density at radius 2 is 2.06 bits per heavy atom. The van der Waals surface area contributed by atoms with Gasteiger partial charge in [-0.3, -0.25) is 14.4 Å². The van der Waals surface area contributed by atoms with Crippen molar-refractivity contribution < 1.29 is 14.4 Å². The van der Waals surface area contributed by atoms with E-state index in [-0.39, 0.29) is 18.4 Å². The molecule has 170 valence electrons. The van der Waals surface area contributed by atoms with Crippen LogP contribution >= 0.6 is 0 Å². The normalized spacial score (nSPS) is 22.0. The quantitative estimate of drug-likeness (QED) is 0.644. The van der Waals surface area contributed by atoms with Gasteiger partial charge >= 0.3 is 0 Å². The number of piperidine rings is 1. The molecule has 0 saturated carbocycles. The van der Waals surface area contributed by atoms with Crippen molar-refractivity contribution in [2.24, 2.45) is 16.3 Å². The number of hydrogen-bond acceptors (Lipinski definition) is 5. The van der Waals surface area contributed by atoms with Gasteiger partial charge < -0.3 is 20.9 Å². The lowest BCUT2D eigenvalue weighted by Gasteiger charge is -2.38. The number of aromatic amines is 1. The zero-order chi connectivity index (χ0) is 23.3. The van der Waals surface area contributed by atoms with Crippen molar-refractivity contribution in [2.45, 2.75) is 45.2 Å². The second-order valence-corrected chi connectivity index (χ2v) is 9.53. The van der Waals surface area contributed by atoms with E-state index in [1.165, 1.54) is 5.01 Å². The van der Waals surface area contributed by atoms with Crippen molar-refractivity contribution in [1.29, 1.82) is 0 Å². The number of carbonyl (C=O) groups excluding carboxylic acids is 3. The summed E-state index contributed by atoms with van der Waals surface area (Å²) in [5.74, 6) is -0.751. The summed E-state index contributed by atoms with van der Waals surface area (Å²) in [6.45, 7) is 5.72. The van der Waals surface area contributed by atoms with Crippen LogP contribution in [0.5, 0.6) is 0 Å². The second kappa shape index (κ2) is 7.74. The van der Waals surface area contributed by atoms with Gasteiger partial charge in [-0.25, -0.2) is 5.01 Å². The molecule has 2 aliphatic heterocycles. The SMILES string of the molecule is CN1N=C2CCN(C(=O)[C@@H](Cc3c[nH]c4ccccc34)NC(=O)C(C)(C)N)CC2(C)C1=O. The molecule has 1 unspecified atom stereocenters. The lowest BCUT2D eigenvalue weighted by molar-refractivity contribution is -0.142. The zero-order valence-corrected chi connectivity index (χ0v) is 18.9.